The topological polar surface area (TPSA) is 58.1 Å². The van der Waals surface area contributed by atoms with Gasteiger partial charge in [-0.3, -0.25) is 4.79 Å². The summed E-state index contributed by atoms with van der Waals surface area (Å²) < 4.78 is 40.4. The smallest absolute Gasteiger partial charge is 0.266 e. The van der Waals surface area contributed by atoms with Crippen molar-refractivity contribution < 1.29 is 13.2 Å². The Morgan fingerprint density at radius 1 is 1.28 bits per heavy atom. The Kier molecular flexibility index (Phi) is 5.75. The van der Waals surface area contributed by atoms with E-state index in [4.69, 9.17) is 0 Å². The van der Waals surface area contributed by atoms with E-state index < -0.39 is 17.4 Å². The minimum Gasteiger partial charge on any atom is -0.266 e. The summed E-state index contributed by atoms with van der Waals surface area (Å²) in [5.41, 5.74) is -1.90. The molecule has 0 aliphatic carbocycles. The van der Waals surface area contributed by atoms with Gasteiger partial charge in [0.05, 0.1) is 6.21 Å². The molecule has 0 aliphatic rings. The number of nitrogens with zero attached hydrogens (tertiary/aromatic N) is 3. The van der Waals surface area contributed by atoms with Gasteiger partial charge in [0.25, 0.3) is 5.56 Å². The van der Waals surface area contributed by atoms with Crippen LogP contribution in [0.15, 0.2) is 46.3 Å². The molecule has 4 nitrogen and oxygen atoms in total. The molecule has 0 atom stereocenters. The van der Waals surface area contributed by atoms with Crippen LogP contribution in [0.1, 0.15) is 42.1 Å². The highest BCUT2D eigenvalue weighted by Gasteiger charge is 2.36. The number of aromatic nitrogens is 1. The molecule has 0 spiro atoms. The Hall–Kier alpha value is -2.88. The van der Waals surface area contributed by atoms with Gasteiger partial charge in [-0.05, 0) is 30.0 Å². The molecule has 130 valence electrons. The highest BCUT2D eigenvalue weighted by molar-refractivity contribution is 5.79. The van der Waals surface area contributed by atoms with Crippen molar-refractivity contribution in [3.8, 4) is 6.07 Å². The molecule has 2 aromatic rings. The molecule has 0 saturated heterocycles. The first-order valence-corrected chi connectivity index (χ1v) is 7.74. The van der Waals surface area contributed by atoms with Crippen LogP contribution in [0.3, 0.4) is 0 Å². The summed E-state index contributed by atoms with van der Waals surface area (Å²) >= 11 is 0. The summed E-state index contributed by atoms with van der Waals surface area (Å²) in [4.78, 5) is 12.4. The Bertz CT molecular complexity index is 862. The fourth-order valence-electron chi connectivity index (χ4n) is 2.32. The fraction of sp³-hybridized carbons (Fsp3) is 0.278. The number of pyridine rings is 1. The average molecular weight is 347 g/mol. The van der Waals surface area contributed by atoms with Crippen molar-refractivity contribution in [2.45, 2.75) is 32.4 Å². The summed E-state index contributed by atoms with van der Waals surface area (Å²) in [5, 5.41) is 12.9. The van der Waals surface area contributed by atoms with Crippen LogP contribution in [0.2, 0.25) is 0 Å². The van der Waals surface area contributed by atoms with Crippen LogP contribution in [-0.2, 0) is 12.6 Å². The molecule has 2 rings (SSSR count). The number of halogens is 3. The predicted octanol–water partition coefficient (Wildman–Crippen LogP) is 3.96. The first kappa shape index (κ1) is 18.5. The van der Waals surface area contributed by atoms with Gasteiger partial charge in [0.2, 0.25) is 0 Å². The van der Waals surface area contributed by atoms with E-state index in [2.05, 4.69) is 5.10 Å². The zero-order valence-corrected chi connectivity index (χ0v) is 13.5. The van der Waals surface area contributed by atoms with E-state index in [-0.39, 0.29) is 22.2 Å². The minimum atomic E-state index is -4.76. The molecular weight excluding hydrogens is 331 g/mol. The first-order chi connectivity index (χ1) is 11.9. The predicted molar refractivity (Wildman–Crippen MR) is 88.5 cm³/mol. The number of unbranched alkanes of at least 4 members (excludes halogenated alkanes) is 1. The summed E-state index contributed by atoms with van der Waals surface area (Å²) in [5.74, 6) is 0. The molecule has 0 saturated carbocycles. The van der Waals surface area contributed by atoms with Gasteiger partial charge >= 0.3 is 6.18 Å². The van der Waals surface area contributed by atoms with Gasteiger partial charge in [-0.25, -0.2) is 0 Å². The van der Waals surface area contributed by atoms with Crippen molar-refractivity contribution in [3.05, 3.63) is 69.1 Å². The third-order valence-electron chi connectivity index (χ3n) is 3.59. The normalized spacial score (nSPS) is 11.6. The quantitative estimate of drug-likeness (QED) is 0.769. The van der Waals surface area contributed by atoms with Crippen molar-refractivity contribution in [1.29, 1.82) is 5.26 Å². The van der Waals surface area contributed by atoms with Crippen LogP contribution < -0.4 is 5.56 Å². The number of hydrogen-bond donors (Lipinski definition) is 0. The van der Waals surface area contributed by atoms with Gasteiger partial charge < -0.3 is 0 Å². The third kappa shape index (κ3) is 4.35. The minimum absolute atomic E-state index is 0.104. The number of alkyl halides is 3. The van der Waals surface area contributed by atoms with Gasteiger partial charge in [0.15, 0.2) is 0 Å². The van der Waals surface area contributed by atoms with E-state index in [0.29, 0.717) is 12.0 Å². The molecular formula is C18H16F3N3O. The maximum Gasteiger partial charge on any atom is 0.433 e. The van der Waals surface area contributed by atoms with Crippen LogP contribution >= 0.6 is 0 Å². The summed E-state index contributed by atoms with van der Waals surface area (Å²) in [6.45, 7) is 1.88. The van der Waals surface area contributed by atoms with Gasteiger partial charge in [-0.15, -0.1) is 0 Å². The monoisotopic (exact) mass is 347 g/mol. The highest BCUT2D eigenvalue weighted by atomic mass is 19.4. The molecule has 1 aromatic carbocycles. The van der Waals surface area contributed by atoms with E-state index in [0.717, 1.165) is 18.7 Å². The average Bonchev–Trinajstić information content (AvgIpc) is 2.58. The molecule has 0 aliphatic heterocycles. The van der Waals surface area contributed by atoms with Gasteiger partial charge in [-0.2, -0.15) is 28.2 Å². The van der Waals surface area contributed by atoms with Crippen LogP contribution in [0.4, 0.5) is 13.2 Å². The molecule has 0 amide bonds. The van der Waals surface area contributed by atoms with Crippen molar-refractivity contribution in [3.63, 3.8) is 0 Å². The van der Waals surface area contributed by atoms with Crippen LogP contribution in [-0.4, -0.2) is 10.9 Å². The maximum atomic E-state index is 13.4. The zero-order valence-electron chi connectivity index (χ0n) is 13.5. The van der Waals surface area contributed by atoms with Gasteiger partial charge in [-0.1, -0.05) is 43.7 Å². The Labute approximate surface area is 142 Å². The lowest BCUT2D eigenvalue weighted by atomic mass is 10.0. The van der Waals surface area contributed by atoms with E-state index in [9.17, 15) is 23.2 Å². The molecule has 0 N–H and O–H groups in total. The number of rotatable bonds is 5. The van der Waals surface area contributed by atoms with Crippen molar-refractivity contribution in [2.24, 2.45) is 5.10 Å². The van der Waals surface area contributed by atoms with Crippen LogP contribution in [0.25, 0.3) is 0 Å². The third-order valence-corrected chi connectivity index (χ3v) is 3.59. The second-order valence-corrected chi connectivity index (χ2v) is 5.42. The summed E-state index contributed by atoms with van der Waals surface area (Å²) in [7, 11) is 0. The summed E-state index contributed by atoms with van der Waals surface area (Å²) in [6.07, 6.45) is -2.04. The van der Waals surface area contributed by atoms with Crippen molar-refractivity contribution >= 4 is 6.21 Å². The Balaban J connectivity index is 2.63. The molecule has 0 radical (unpaired) electrons. The first-order valence-electron chi connectivity index (χ1n) is 7.74. The van der Waals surface area contributed by atoms with E-state index >= 15 is 0 Å². The maximum absolute atomic E-state index is 13.4. The lowest BCUT2D eigenvalue weighted by Gasteiger charge is -2.14. The van der Waals surface area contributed by atoms with Gasteiger partial charge in [0.1, 0.15) is 17.3 Å². The SMILES string of the molecule is CCCCc1cc(C(F)(F)F)n(/N=C/c2ccccc2)c(=O)c1C#N. The fourth-order valence-corrected chi connectivity index (χ4v) is 2.32. The van der Waals surface area contributed by atoms with E-state index in [1.807, 2.05) is 6.92 Å². The Morgan fingerprint density at radius 3 is 2.52 bits per heavy atom. The molecule has 0 fully saturated rings. The van der Waals surface area contributed by atoms with Crippen molar-refractivity contribution in [2.75, 3.05) is 0 Å². The number of nitriles is 1. The molecule has 7 heteroatoms. The molecule has 1 heterocycles. The molecule has 0 bridgehead atoms. The summed E-state index contributed by atoms with van der Waals surface area (Å²) in [6, 6.07) is 11.0. The molecule has 1 aromatic heterocycles. The number of benzene rings is 1. The van der Waals surface area contributed by atoms with Crippen LogP contribution in [0.5, 0.6) is 0 Å². The standard InChI is InChI=1S/C18H16F3N3O/c1-2-3-9-14-10-16(18(19,20)21)24(17(25)15(14)11-22)23-12-13-7-5-4-6-8-13/h4-8,10,12H,2-3,9H2,1H3/b23-12+. The lowest BCUT2D eigenvalue weighted by Crippen LogP contribution is -2.28. The Morgan fingerprint density at radius 2 is 1.96 bits per heavy atom. The highest BCUT2D eigenvalue weighted by Crippen LogP contribution is 2.30. The second-order valence-electron chi connectivity index (χ2n) is 5.42. The second kappa shape index (κ2) is 7.79. The zero-order chi connectivity index (χ0) is 18.4. The molecule has 0 unspecified atom stereocenters. The lowest BCUT2D eigenvalue weighted by molar-refractivity contribution is -0.143. The van der Waals surface area contributed by atoms with E-state index in [1.165, 1.54) is 0 Å². The molecule has 25 heavy (non-hydrogen) atoms. The number of hydrogen-bond acceptors (Lipinski definition) is 3. The largest absolute Gasteiger partial charge is 0.433 e. The van der Waals surface area contributed by atoms with Gasteiger partial charge in [0, 0.05) is 0 Å². The van der Waals surface area contributed by atoms with E-state index in [1.54, 1.807) is 36.4 Å². The van der Waals surface area contributed by atoms with Crippen molar-refractivity contribution in [1.82, 2.24) is 4.68 Å². The number of aryl methyl sites for hydroxylation is 1. The van der Waals surface area contributed by atoms with Crippen LogP contribution in [0, 0.1) is 11.3 Å².